The summed E-state index contributed by atoms with van der Waals surface area (Å²) in [5.74, 6) is -2.80. The van der Waals surface area contributed by atoms with Gasteiger partial charge in [-0.25, -0.2) is 0 Å². The molecule has 2 aromatic carbocycles. The standard InChI is InChI=1S/C17H14BrNO5S/c18-13-8-6-12(7-9-13)15-14(20)16(17(19)23-15)24-25(21,22)10-11-4-2-1-3-5-11/h1-9,15H,10,19H2/i10D2,15D. The van der Waals surface area contributed by atoms with Gasteiger partial charge >= 0.3 is 10.1 Å². The fourth-order valence-electron chi connectivity index (χ4n) is 2.07. The number of halogens is 1. The van der Waals surface area contributed by atoms with Crippen molar-refractivity contribution in [3.05, 3.63) is 81.8 Å². The molecule has 0 amide bonds. The zero-order valence-corrected chi connectivity index (χ0v) is 15.0. The summed E-state index contributed by atoms with van der Waals surface area (Å²) in [4.78, 5) is 12.7. The van der Waals surface area contributed by atoms with Crippen LogP contribution in [0.25, 0.3) is 0 Å². The first kappa shape index (κ1) is 13.9. The molecule has 1 aliphatic rings. The fourth-order valence-corrected chi connectivity index (χ4v) is 3.18. The molecule has 0 aromatic heterocycles. The molecule has 0 bridgehead atoms. The highest BCUT2D eigenvalue weighted by Crippen LogP contribution is 2.33. The molecule has 130 valence electrons. The summed E-state index contributed by atoms with van der Waals surface area (Å²) in [5, 5.41) is 0. The van der Waals surface area contributed by atoms with E-state index in [4.69, 9.17) is 18.8 Å². The minimum atomic E-state index is -5.00. The molecule has 0 spiro atoms. The maximum absolute atomic E-state index is 12.7. The highest BCUT2D eigenvalue weighted by Gasteiger charge is 2.39. The van der Waals surface area contributed by atoms with Crippen LogP contribution >= 0.6 is 15.9 Å². The van der Waals surface area contributed by atoms with Gasteiger partial charge in [-0.1, -0.05) is 58.4 Å². The predicted octanol–water partition coefficient (Wildman–Crippen LogP) is 2.76. The summed E-state index contributed by atoms with van der Waals surface area (Å²) in [7, 11) is -5.00. The van der Waals surface area contributed by atoms with Crippen molar-refractivity contribution >= 4 is 31.8 Å². The van der Waals surface area contributed by atoms with E-state index in [1.54, 1.807) is 18.2 Å². The maximum atomic E-state index is 12.7. The molecule has 2 N–H and O–H groups in total. The van der Waals surface area contributed by atoms with Crippen molar-refractivity contribution in [2.75, 3.05) is 0 Å². The van der Waals surface area contributed by atoms with Gasteiger partial charge in [0, 0.05) is 10.0 Å². The number of rotatable bonds is 5. The monoisotopic (exact) mass is 426 g/mol. The van der Waals surface area contributed by atoms with E-state index in [2.05, 4.69) is 15.9 Å². The van der Waals surface area contributed by atoms with Crippen LogP contribution in [0.5, 0.6) is 0 Å². The maximum Gasteiger partial charge on any atom is 0.313 e. The summed E-state index contributed by atoms with van der Waals surface area (Å²) in [6.07, 6.45) is -2.34. The number of benzene rings is 2. The molecular formula is C17H14BrNO5S. The lowest BCUT2D eigenvalue weighted by Gasteiger charge is -2.10. The van der Waals surface area contributed by atoms with E-state index in [0.29, 0.717) is 4.47 Å². The Morgan fingerprint density at radius 1 is 1.20 bits per heavy atom. The van der Waals surface area contributed by atoms with E-state index < -0.39 is 39.3 Å². The SMILES string of the molecule is [2H]C1(c2ccc(Br)cc2)OC(N)=C(OS(=O)(=O)C([2H])([2H])c2ccccc2)C1=O. The fraction of sp³-hybridized carbons (Fsp3) is 0.118. The van der Waals surface area contributed by atoms with Crippen molar-refractivity contribution in [3.8, 4) is 0 Å². The average molecular weight is 427 g/mol. The van der Waals surface area contributed by atoms with Crippen molar-refractivity contribution < 1.29 is 26.2 Å². The number of hydrogen-bond acceptors (Lipinski definition) is 6. The first-order chi connectivity index (χ1) is 13.0. The van der Waals surface area contributed by atoms with E-state index in [-0.39, 0.29) is 11.1 Å². The molecule has 3 rings (SSSR count). The molecule has 25 heavy (non-hydrogen) atoms. The predicted molar refractivity (Wildman–Crippen MR) is 94.3 cm³/mol. The molecular weight excluding hydrogens is 410 g/mol. The Morgan fingerprint density at radius 3 is 2.48 bits per heavy atom. The van der Waals surface area contributed by atoms with Gasteiger partial charge in [0.1, 0.15) is 5.70 Å². The quantitative estimate of drug-likeness (QED) is 0.738. The van der Waals surface area contributed by atoms with Crippen LogP contribution in [-0.2, 0) is 29.5 Å². The third-order valence-electron chi connectivity index (χ3n) is 3.16. The van der Waals surface area contributed by atoms with Gasteiger partial charge < -0.3 is 14.7 Å². The van der Waals surface area contributed by atoms with Gasteiger partial charge in [-0.3, -0.25) is 4.79 Å². The zero-order chi connectivity index (χ0) is 20.7. The van der Waals surface area contributed by atoms with Crippen molar-refractivity contribution in [1.82, 2.24) is 0 Å². The Bertz CT molecular complexity index is 1060. The number of ketones is 1. The summed E-state index contributed by atoms with van der Waals surface area (Å²) < 4.78 is 59.8. The van der Waals surface area contributed by atoms with Crippen LogP contribution in [0.4, 0.5) is 0 Å². The minimum Gasteiger partial charge on any atom is -0.460 e. The number of carbonyl (C=O) groups is 1. The van der Waals surface area contributed by atoms with Gasteiger partial charge in [-0.2, -0.15) is 8.42 Å². The Balaban J connectivity index is 1.93. The molecule has 0 saturated heterocycles. The van der Waals surface area contributed by atoms with Crippen molar-refractivity contribution in [3.63, 3.8) is 0 Å². The molecule has 1 aliphatic heterocycles. The molecule has 1 heterocycles. The van der Waals surface area contributed by atoms with Crippen molar-refractivity contribution in [1.29, 1.82) is 0 Å². The first-order valence-electron chi connectivity index (χ1n) is 8.48. The van der Waals surface area contributed by atoms with Gasteiger partial charge in [0.25, 0.3) is 0 Å². The van der Waals surface area contributed by atoms with E-state index >= 15 is 0 Å². The summed E-state index contributed by atoms with van der Waals surface area (Å²) in [6, 6.07) is 13.1. The lowest BCUT2D eigenvalue weighted by atomic mass is 10.1. The van der Waals surface area contributed by atoms with Crippen LogP contribution in [0.2, 0.25) is 0 Å². The second-order valence-corrected chi connectivity index (χ2v) is 7.16. The lowest BCUT2D eigenvalue weighted by molar-refractivity contribution is -0.123. The molecule has 1 unspecified atom stereocenters. The van der Waals surface area contributed by atoms with Gasteiger partial charge in [-0.05, 0) is 17.7 Å². The number of Topliss-reactive ketones (excluding diaryl/α,β-unsaturated/α-hetero) is 1. The van der Waals surface area contributed by atoms with Crippen LogP contribution in [-0.4, -0.2) is 14.2 Å². The number of hydrogen-bond donors (Lipinski definition) is 1. The van der Waals surface area contributed by atoms with E-state index in [1.807, 2.05) is 0 Å². The van der Waals surface area contributed by atoms with Gasteiger partial charge in [0.05, 0.1) is 4.11 Å². The van der Waals surface area contributed by atoms with Crippen LogP contribution < -0.4 is 5.73 Å². The van der Waals surface area contributed by atoms with Gasteiger partial charge in [0.15, 0.2) is 6.08 Å². The zero-order valence-electron chi connectivity index (χ0n) is 15.6. The summed E-state index contributed by atoms with van der Waals surface area (Å²) in [6.45, 7) is 0. The molecule has 1 atom stereocenters. The van der Waals surface area contributed by atoms with E-state index in [1.165, 1.54) is 36.4 Å². The average Bonchev–Trinajstić information content (AvgIpc) is 2.86. The Morgan fingerprint density at radius 2 is 1.84 bits per heavy atom. The van der Waals surface area contributed by atoms with Gasteiger partial charge in [-0.15, -0.1) is 0 Å². The topological polar surface area (TPSA) is 95.7 Å². The minimum absolute atomic E-state index is 0.103. The largest absolute Gasteiger partial charge is 0.460 e. The first-order valence-corrected chi connectivity index (χ1v) is 9.18. The van der Waals surface area contributed by atoms with Crippen LogP contribution in [0.1, 0.15) is 21.3 Å². The second kappa shape index (κ2) is 6.89. The molecule has 0 radical (unpaired) electrons. The molecule has 0 fully saturated rings. The molecule has 8 heteroatoms. The number of ether oxygens (including phenoxy) is 1. The molecule has 2 aromatic rings. The van der Waals surface area contributed by atoms with E-state index in [9.17, 15) is 13.2 Å². The molecule has 0 saturated carbocycles. The Labute approximate surface area is 157 Å². The third-order valence-corrected chi connectivity index (χ3v) is 4.56. The van der Waals surface area contributed by atoms with Crippen molar-refractivity contribution in [2.24, 2.45) is 5.73 Å². The second-order valence-electron chi connectivity index (χ2n) is 4.97. The molecule has 0 aliphatic carbocycles. The normalized spacial score (nSPS) is 22.8. The third kappa shape index (κ3) is 4.02. The Hall–Kier alpha value is -2.32. The summed E-state index contributed by atoms with van der Waals surface area (Å²) in [5.41, 5.74) is 2.54. The smallest absolute Gasteiger partial charge is 0.313 e. The highest BCUT2D eigenvalue weighted by atomic mass is 79.9. The number of nitrogens with two attached hydrogens (primary N) is 1. The van der Waals surface area contributed by atoms with E-state index in [0.717, 1.165) is 0 Å². The van der Waals surface area contributed by atoms with Crippen LogP contribution in [0.3, 0.4) is 0 Å². The summed E-state index contributed by atoms with van der Waals surface area (Å²) >= 11 is 3.23. The van der Waals surface area contributed by atoms with Crippen LogP contribution in [0.15, 0.2) is 70.7 Å². The van der Waals surface area contributed by atoms with Gasteiger partial charge in [0.2, 0.25) is 17.4 Å². The number of carbonyl (C=O) groups excluding carboxylic acids is 1. The van der Waals surface area contributed by atoms with Crippen LogP contribution in [0, 0.1) is 0 Å². The van der Waals surface area contributed by atoms with Crippen molar-refractivity contribution in [2.45, 2.75) is 11.8 Å². The highest BCUT2D eigenvalue weighted by molar-refractivity contribution is 9.10. The lowest BCUT2D eigenvalue weighted by Crippen LogP contribution is -2.16. The Kier molecular flexibility index (Phi) is 3.84. The molecule has 6 nitrogen and oxygen atoms in total.